The van der Waals surface area contributed by atoms with Crippen molar-refractivity contribution in [1.82, 2.24) is 0 Å². The van der Waals surface area contributed by atoms with Crippen molar-refractivity contribution in [3.8, 4) is 81.3 Å². The summed E-state index contributed by atoms with van der Waals surface area (Å²) in [4.78, 5) is 33.7. The number of methoxy groups -OCH3 is 3. The minimum Gasteiger partial charge on any atom is 1.00 e. The molecule has 0 saturated carbocycles. The van der Waals surface area contributed by atoms with Gasteiger partial charge in [-0.05, 0) is 0 Å². The van der Waals surface area contributed by atoms with Crippen LogP contribution in [0.4, 0.5) is 0 Å². The fraction of sp³-hybridized carbons (Fsp3) is 0.131. The predicted octanol–water partition coefficient (Wildman–Crippen LogP) is 2.40. The number of ether oxygens (including phenoxy) is 3. The summed E-state index contributed by atoms with van der Waals surface area (Å²) in [7, 11) is -9.36. The van der Waals surface area contributed by atoms with E-state index in [1.54, 1.807) is 12.0 Å². The second-order valence-corrected chi connectivity index (χ2v) is 28.5. The number of para-hydroxylation sites is 12. The van der Waals surface area contributed by atoms with Crippen molar-refractivity contribution >= 4 is 42.9 Å². The van der Waals surface area contributed by atoms with Crippen LogP contribution in [0.25, 0.3) is 0 Å². The maximum absolute atomic E-state index is 12.1. The van der Waals surface area contributed by atoms with E-state index in [4.69, 9.17) is 62.6 Å². The third kappa shape index (κ3) is 12.3. The second kappa shape index (κ2) is 26.7. The Balaban J connectivity index is 0.000000171. The first-order valence-corrected chi connectivity index (χ1v) is 31.8. The molecule has 0 N–H and O–H groups in total. The van der Waals surface area contributed by atoms with Gasteiger partial charge in [0.25, 0.3) is 0 Å². The Morgan fingerprint density at radius 3 is 1.01 bits per heavy atom. The molecule has 0 aromatic heterocycles. The number of esters is 3. The summed E-state index contributed by atoms with van der Waals surface area (Å²) < 4.78 is 89.0. The molecule has 0 saturated heterocycles. The molecule has 6 aliphatic heterocycles. The van der Waals surface area contributed by atoms with E-state index in [2.05, 4.69) is 24.3 Å². The van der Waals surface area contributed by atoms with E-state index in [1.165, 1.54) is 21.3 Å². The molecule has 0 atom stereocenters. The Hall–Kier alpha value is -5.11. The zero-order valence-corrected chi connectivity index (χ0v) is 59.3. The van der Waals surface area contributed by atoms with E-state index in [9.17, 15) is 14.4 Å². The molecule has 0 fully saturated rings. The van der Waals surface area contributed by atoms with Gasteiger partial charge in [-0.2, -0.15) is 0 Å². The Morgan fingerprint density at radius 1 is 0.447 bits per heavy atom. The van der Waals surface area contributed by atoms with Crippen molar-refractivity contribution in [2.45, 2.75) is 33.1 Å². The van der Waals surface area contributed by atoms with E-state index in [-0.39, 0.29) is 180 Å². The van der Waals surface area contributed by atoms with Crippen LogP contribution in [0.5, 0.6) is 69.0 Å². The summed E-state index contributed by atoms with van der Waals surface area (Å²) in [5, 5.41) is 1.95. The number of benzene rings is 6. The number of allylic oxidation sites excluding steroid dienone is 8. The fourth-order valence-electron chi connectivity index (χ4n) is 9.93. The van der Waals surface area contributed by atoms with Gasteiger partial charge in [0.1, 0.15) is 0 Å². The number of fused-ring (bicyclic) bond motifs is 6. The van der Waals surface area contributed by atoms with Gasteiger partial charge in [-0.25, -0.2) is 4.79 Å². The molecule has 24 heteroatoms. The van der Waals surface area contributed by atoms with E-state index in [0.29, 0.717) is 110 Å². The van der Waals surface area contributed by atoms with E-state index in [1.807, 2.05) is 170 Å². The molecule has 8 aliphatic rings. The smallest absolute Gasteiger partial charge is 1.00 e. The monoisotopic (exact) mass is 1280 g/mol. The first-order chi connectivity index (χ1) is 39.2. The molecule has 6 aromatic carbocycles. The van der Waals surface area contributed by atoms with Gasteiger partial charge in [0.05, 0.1) is 7.11 Å². The number of carbonyl (C=O) groups is 3. The molecule has 6 heterocycles. The van der Waals surface area contributed by atoms with E-state index < -0.39 is 30.9 Å². The van der Waals surface area contributed by atoms with Crippen molar-refractivity contribution in [2.75, 3.05) is 21.3 Å². The fourth-order valence-corrected chi connectivity index (χ4v) is 21.0. The molecule has 85 heavy (non-hydrogen) atoms. The number of carbonyl (C=O) groups excluding carboxylic acids is 3. The number of terminal acetylenes is 1. The van der Waals surface area contributed by atoms with Crippen LogP contribution in [0.2, 0.25) is 0 Å². The van der Waals surface area contributed by atoms with E-state index in [0.717, 1.165) is 5.20 Å². The molecule has 0 amide bonds. The largest absolute Gasteiger partial charge is 1.00 e. The van der Waals surface area contributed by atoms with Crippen LogP contribution in [-0.4, -0.2) is 64.2 Å². The molecule has 0 radical (unpaired) electrons. The molecule has 6 aromatic rings. The molecule has 2 aliphatic carbocycles. The Bertz CT molecular complexity index is 3480. The van der Waals surface area contributed by atoms with Crippen molar-refractivity contribution in [3.05, 3.63) is 216 Å². The van der Waals surface area contributed by atoms with Gasteiger partial charge in [-0.15, -0.1) is 6.42 Å². The molecular formula is C61H55K3O18Si3. The first kappa shape index (κ1) is 67.4. The average Bonchev–Trinajstić information content (AvgIpc) is 1.59. The van der Waals surface area contributed by atoms with Crippen LogP contribution in [-0.2, 0) is 28.6 Å². The minimum absolute atomic E-state index is 0. The second-order valence-electron chi connectivity index (χ2n) is 18.7. The van der Waals surface area contributed by atoms with Crippen LogP contribution in [0.15, 0.2) is 216 Å². The topological polar surface area (TPSA) is 190 Å². The van der Waals surface area contributed by atoms with Gasteiger partial charge in [0, 0.05) is 5.92 Å². The normalized spacial score (nSPS) is 19.2. The van der Waals surface area contributed by atoms with Crippen LogP contribution in [0, 0.1) is 12.3 Å². The summed E-state index contributed by atoms with van der Waals surface area (Å²) in [5.74, 6) is 7.34. The average molecular weight is 1280 g/mol. The third-order valence-electron chi connectivity index (χ3n) is 13.8. The standard InChI is InChI=1S/2C20H17O6Si.C16H13O4Si.C4H4O2.CH4.3K/c1-22-20(21)14-7-6-8-15(13-14)27(23-16-9-2-3-10-17(16)24-27)25-18-11-4-5-12-19(18)26-27;1-22-20(21)14-10-12-15(13-11-14)27(23-16-6-2-3-7-17(16)24-27)25-18-8-4-5-9-19(18)26-27;1-3-12(2)21(17-13-8-4-5-9-14(13)18-21)19-15-10-6-7-11-16(15)20-21;1-3-4(5)6-2;;;;/h2-5,7-12H,6,13H2,1H3;2-10,13H,11-12H2,1H3;3-11H,1-2H2;1H,2H3;1H4;;;/q3*-1;;;3*+1. The maximum Gasteiger partial charge on any atom is 1.00 e. The van der Waals surface area contributed by atoms with Gasteiger partial charge in [0.15, 0.2) is 0 Å². The SMILES string of the molecule is C.C#CC(=O)OC.C=CC(=C)[Si-]12(Oc3ccccc3O1)Oc1ccccc1O2.COC(=O)C1=CCC([Si-]23(Oc4ccccc4O2)Oc2ccccc2O3)=CC1.COC(=O)C1=CCC=C([Si-]23(Oc4ccccc4O2)Oc2ccccc2O3)C1.[K+].[K+].[K+]. The van der Waals surface area contributed by atoms with Gasteiger partial charge >= 0.3 is 594 Å². The van der Waals surface area contributed by atoms with Crippen LogP contribution in [0.3, 0.4) is 0 Å². The molecule has 422 valence electrons. The van der Waals surface area contributed by atoms with Crippen molar-refractivity contribution in [3.63, 3.8) is 0 Å². The maximum atomic E-state index is 12.1. The van der Waals surface area contributed by atoms with Gasteiger partial charge in [-0.3, -0.25) is 0 Å². The minimum atomic E-state index is -4.54. The van der Waals surface area contributed by atoms with Crippen molar-refractivity contribution in [2.24, 2.45) is 0 Å². The number of hydrogen-bond acceptors (Lipinski definition) is 18. The number of rotatable bonds is 6. The van der Waals surface area contributed by atoms with Crippen LogP contribution >= 0.6 is 0 Å². The van der Waals surface area contributed by atoms with Gasteiger partial charge < -0.3 is 4.74 Å². The third-order valence-corrected chi connectivity index (χ3v) is 24.8. The molecular weight excluding hydrogens is 1220 g/mol. The summed E-state index contributed by atoms with van der Waals surface area (Å²) in [6.45, 7) is 7.76. The van der Waals surface area contributed by atoms with Crippen molar-refractivity contribution in [1.29, 1.82) is 0 Å². The summed E-state index contributed by atoms with van der Waals surface area (Å²) in [6.07, 6.45) is 15.3. The Labute approximate surface area is 620 Å². The molecule has 18 nitrogen and oxygen atoms in total. The summed E-state index contributed by atoms with van der Waals surface area (Å²) in [6, 6.07) is 44.3. The molecule has 14 rings (SSSR count). The van der Waals surface area contributed by atoms with E-state index >= 15 is 0 Å². The zero-order chi connectivity index (χ0) is 56.5. The Morgan fingerprint density at radius 2 is 0.753 bits per heavy atom. The molecule has 0 bridgehead atoms. The zero-order valence-electron chi connectivity index (χ0n) is 46.9. The molecule has 3 spiro atoms. The summed E-state index contributed by atoms with van der Waals surface area (Å²) in [5.41, 5.74) is 1.13. The Kier molecular flexibility index (Phi) is 21.2. The first-order valence-electron chi connectivity index (χ1n) is 25.4. The predicted molar refractivity (Wildman–Crippen MR) is 305 cm³/mol. The van der Waals surface area contributed by atoms with Gasteiger partial charge in [-0.1, -0.05) is 7.43 Å². The van der Waals surface area contributed by atoms with Gasteiger partial charge in [0.2, 0.25) is 0 Å². The van der Waals surface area contributed by atoms with Crippen LogP contribution < -0.4 is 207 Å². The summed E-state index contributed by atoms with van der Waals surface area (Å²) >= 11 is 0. The number of hydrogen-bond donors (Lipinski definition) is 0. The van der Waals surface area contributed by atoms with Crippen LogP contribution in [0.1, 0.15) is 33.1 Å². The quantitative estimate of drug-likeness (QED) is 0.0590. The molecule has 0 unspecified atom stereocenters. The van der Waals surface area contributed by atoms with Crippen molar-refractivity contribution < 1.29 is 236 Å².